The summed E-state index contributed by atoms with van der Waals surface area (Å²) < 4.78 is 11.0. The highest BCUT2D eigenvalue weighted by molar-refractivity contribution is 5.95. The highest BCUT2D eigenvalue weighted by Gasteiger charge is 2.54. The minimum atomic E-state index is -1.04. The number of hydrogen-bond acceptors (Lipinski definition) is 5. The van der Waals surface area contributed by atoms with E-state index in [1.165, 1.54) is 11.2 Å². The molecule has 23 heavy (non-hydrogen) atoms. The first-order chi connectivity index (χ1) is 11.1. The summed E-state index contributed by atoms with van der Waals surface area (Å²) in [4.78, 5) is 28.0. The zero-order valence-corrected chi connectivity index (χ0v) is 13.2. The van der Waals surface area contributed by atoms with Crippen molar-refractivity contribution in [2.45, 2.75) is 38.0 Å². The van der Waals surface area contributed by atoms with Gasteiger partial charge in [0.15, 0.2) is 11.8 Å². The third kappa shape index (κ3) is 2.86. The van der Waals surface area contributed by atoms with Gasteiger partial charge in [0.1, 0.15) is 5.72 Å². The first-order valence-electron chi connectivity index (χ1n) is 8.04. The molecule has 2 fully saturated rings. The topological polar surface area (TPSA) is 83.2 Å². The number of hydrogen-bond donors (Lipinski definition) is 1. The van der Waals surface area contributed by atoms with Crippen LogP contribution in [0, 0.1) is 0 Å². The standard InChI is InChI=1S/C16H22N2O5/c1-2-7-17-8-5-16(6-9-17)18(12(11-23-16)15(20)21)14(19)13-4-3-10-22-13/h3-4,10,12H,2,5-9,11H2,1H3,(H,20,21). The Kier molecular flexibility index (Phi) is 4.41. The van der Waals surface area contributed by atoms with Gasteiger partial charge in [0.05, 0.1) is 12.9 Å². The van der Waals surface area contributed by atoms with Gasteiger partial charge < -0.3 is 19.2 Å². The quantitative estimate of drug-likeness (QED) is 0.902. The summed E-state index contributed by atoms with van der Waals surface area (Å²) in [6.07, 6.45) is 3.71. The molecule has 2 aliphatic heterocycles. The Balaban J connectivity index is 1.84. The molecular formula is C16H22N2O5. The number of nitrogens with zero attached hydrogens (tertiary/aromatic N) is 2. The summed E-state index contributed by atoms with van der Waals surface area (Å²) in [6.45, 7) is 4.74. The number of amides is 1. The number of carboxylic acid groups (broad SMARTS) is 1. The zero-order chi connectivity index (χ0) is 16.4. The van der Waals surface area contributed by atoms with Gasteiger partial charge in [0.2, 0.25) is 0 Å². The molecule has 0 radical (unpaired) electrons. The molecule has 1 N–H and O–H groups in total. The molecule has 1 atom stereocenters. The average molecular weight is 322 g/mol. The summed E-state index contributed by atoms with van der Waals surface area (Å²) in [5.41, 5.74) is -0.836. The minimum absolute atomic E-state index is 0.0234. The lowest BCUT2D eigenvalue weighted by Crippen LogP contribution is -2.58. The van der Waals surface area contributed by atoms with Crippen LogP contribution in [0.5, 0.6) is 0 Å². The van der Waals surface area contributed by atoms with Crippen LogP contribution in [0.15, 0.2) is 22.8 Å². The maximum absolute atomic E-state index is 12.8. The Morgan fingerprint density at radius 1 is 1.39 bits per heavy atom. The molecule has 1 unspecified atom stereocenters. The van der Waals surface area contributed by atoms with Crippen molar-refractivity contribution in [3.63, 3.8) is 0 Å². The van der Waals surface area contributed by atoms with Gasteiger partial charge in [-0.3, -0.25) is 9.69 Å². The van der Waals surface area contributed by atoms with Crippen LogP contribution < -0.4 is 0 Å². The molecule has 0 bridgehead atoms. The van der Waals surface area contributed by atoms with Crippen molar-refractivity contribution in [3.8, 4) is 0 Å². The molecule has 0 saturated carbocycles. The van der Waals surface area contributed by atoms with E-state index in [1.807, 2.05) is 0 Å². The van der Waals surface area contributed by atoms with Crippen molar-refractivity contribution >= 4 is 11.9 Å². The van der Waals surface area contributed by atoms with Crippen LogP contribution >= 0.6 is 0 Å². The lowest BCUT2D eigenvalue weighted by atomic mass is 9.97. The minimum Gasteiger partial charge on any atom is -0.480 e. The Hall–Kier alpha value is -1.86. The first-order valence-corrected chi connectivity index (χ1v) is 8.04. The Morgan fingerprint density at radius 2 is 2.13 bits per heavy atom. The summed E-state index contributed by atoms with van der Waals surface area (Å²) in [5, 5.41) is 9.47. The Bertz CT molecular complexity index is 563. The predicted molar refractivity (Wildman–Crippen MR) is 80.9 cm³/mol. The smallest absolute Gasteiger partial charge is 0.328 e. The fourth-order valence-corrected chi connectivity index (χ4v) is 3.52. The first kappa shape index (κ1) is 16.0. The normalized spacial score (nSPS) is 24.2. The molecule has 3 rings (SSSR count). The fraction of sp³-hybridized carbons (Fsp3) is 0.625. The third-order valence-electron chi connectivity index (χ3n) is 4.67. The van der Waals surface area contributed by atoms with Crippen LogP contribution in [-0.2, 0) is 9.53 Å². The van der Waals surface area contributed by atoms with Crippen molar-refractivity contribution in [2.75, 3.05) is 26.2 Å². The second kappa shape index (κ2) is 6.33. The Labute approximate surface area is 134 Å². The molecular weight excluding hydrogens is 300 g/mol. The number of carbonyl (C=O) groups excluding carboxylic acids is 1. The van der Waals surface area contributed by atoms with E-state index < -0.39 is 23.6 Å². The second-order valence-electron chi connectivity index (χ2n) is 6.11. The van der Waals surface area contributed by atoms with Gasteiger partial charge in [0, 0.05) is 25.9 Å². The molecule has 0 aromatic carbocycles. The van der Waals surface area contributed by atoms with Crippen LogP contribution in [0.1, 0.15) is 36.7 Å². The summed E-state index contributed by atoms with van der Waals surface area (Å²) in [5.74, 6) is -1.31. The van der Waals surface area contributed by atoms with Gasteiger partial charge in [-0.2, -0.15) is 0 Å². The van der Waals surface area contributed by atoms with Gasteiger partial charge in [-0.25, -0.2) is 4.79 Å². The molecule has 2 aliphatic rings. The number of aliphatic carboxylic acids is 1. The van der Waals surface area contributed by atoms with E-state index in [0.717, 1.165) is 26.1 Å². The lowest BCUT2D eigenvalue weighted by Gasteiger charge is -2.43. The number of carbonyl (C=O) groups is 2. The molecule has 7 heteroatoms. The van der Waals surface area contributed by atoms with Crippen LogP contribution in [0.3, 0.4) is 0 Å². The van der Waals surface area contributed by atoms with Crippen LogP contribution in [0.2, 0.25) is 0 Å². The van der Waals surface area contributed by atoms with Crippen molar-refractivity contribution in [2.24, 2.45) is 0 Å². The van der Waals surface area contributed by atoms with Crippen LogP contribution in [0.25, 0.3) is 0 Å². The number of likely N-dealkylation sites (tertiary alicyclic amines) is 1. The molecule has 1 amide bonds. The molecule has 2 saturated heterocycles. The lowest BCUT2D eigenvalue weighted by molar-refractivity contribution is -0.144. The molecule has 3 heterocycles. The molecule has 0 aliphatic carbocycles. The monoisotopic (exact) mass is 322 g/mol. The van der Waals surface area contributed by atoms with Gasteiger partial charge in [-0.1, -0.05) is 6.92 Å². The maximum Gasteiger partial charge on any atom is 0.328 e. The molecule has 7 nitrogen and oxygen atoms in total. The summed E-state index contributed by atoms with van der Waals surface area (Å²) >= 11 is 0. The van der Waals surface area contributed by atoms with E-state index in [4.69, 9.17) is 9.15 Å². The SMILES string of the molecule is CCCN1CCC2(CC1)OCC(C(=O)O)N2C(=O)c1ccco1. The number of rotatable bonds is 4. The number of carboxylic acids is 1. The Morgan fingerprint density at radius 3 is 2.70 bits per heavy atom. The van der Waals surface area contributed by atoms with E-state index in [-0.39, 0.29) is 12.4 Å². The largest absolute Gasteiger partial charge is 0.480 e. The van der Waals surface area contributed by atoms with Gasteiger partial charge in [-0.05, 0) is 25.1 Å². The molecule has 1 spiro atoms. The highest BCUT2D eigenvalue weighted by Crippen LogP contribution is 2.38. The number of ether oxygens (including phenoxy) is 1. The van der Waals surface area contributed by atoms with E-state index in [0.29, 0.717) is 12.8 Å². The van der Waals surface area contributed by atoms with Crippen molar-refractivity contribution in [3.05, 3.63) is 24.2 Å². The van der Waals surface area contributed by atoms with E-state index in [1.54, 1.807) is 12.1 Å². The van der Waals surface area contributed by atoms with Crippen LogP contribution in [-0.4, -0.2) is 64.8 Å². The van der Waals surface area contributed by atoms with Gasteiger partial charge in [0.25, 0.3) is 5.91 Å². The van der Waals surface area contributed by atoms with Crippen molar-refractivity contribution in [1.29, 1.82) is 0 Å². The van der Waals surface area contributed by atoms with Gasteiger partial charge >= 0.3 is 5.97 Å². The molecule has 126 valence electrons. The second-order valence-corrected chi connectivity index (χ2v) is 6.11. The predicted octanol–water partition coefficient (Wildman–Crippen LogP) is 1.41. The summed E-state index contributed by atoms with van der Waals surface area (Å²) in [7, 11) is 0. The fourth-order valence-electron chi connectivity index (χ4n) is 3.52. The average Bonchev–Trinajstić information content (AvgIpc) is 3.18. The van der Waals surface area contributed by atoms with E-state index in [9.17, 15) is 14.7 Å². The van der Waals surface area contributed by atoms with Crippen LogP contribution in [0.4, 0.5) is 0 Å². The highest BCUT2D eigenvalue weighted by atomic mass is 16.5. The van der Waals surface area contributed by atoms with Gasteiger partial charge in [-0.15, -0.1) is 0 Å². The van der Waals surface area contributed by atoms with E-state index in [2.05, 4.69) is 11.8 Å². The third-order valence-corrected chi connectivity index (χ3v) is 4.67. The summed E-state index contributed by atoms with van der Waals surface area (Å²) in [6, 6.07) is 2.21. The number of piperidine rings is 1. The zero-order valence-electron chi connectivity index (χ0n) is 13.2. The molecule has 1 aromatic heterocycles. The van der Waals surface area contributed by atoms with Crippen molar-refractivity contribution in [1.82, 2.24) is 9.80 Å². The molecule has 1 aromatic rings. The maximum atomic E-state index is 12.8. The van der Waals surface area contributed by atoms with E-state index >= 15 is 0 Å². The number of furan rings is 1. The van der Waals surface area contributed by atoms with Crippen molar-refractivity contribution < 1.29 is 23.8 Å².